The molecule has 0 saturated carbocycles. The first kappa shape index (κ1) is 25.2. The highest BCUT2D eigenvalue weighted by atomic mass is 19.4. The van der Waals surface area contributed by atoms with Crippen LogP contribution < -0.4 is 5.32 Å². The van der Waals surface area contributed by atoms with Crippen molar-refractivity contribution in [1.29, 1.82) is 0 Å². The molecule has 2 N–H and O–H groups in total. The van der Waals surface area contributed by atoms with Crippen molar-refractivity contribution < 1.29 is 27.9 Å². The Labute approximate surface area is 215 Å². The Kier molecular flexibility index (Phi) is 6.52. The third kappa shape index (κ3) is 4.91. The zero-order valence-electron chi connectivity index (χ0n) is 20.4. The summed E-state index contributed by atoms with van der Waals surface area (Å²) in [4.78, 5) is 31.4. The van der Waals surface area contributed by atoms with Crippen molar-refractivity contribution >= 4 is 28.4 Å². The summed E-state index contributed by atoms with van der Waals surface area (Å²) in [5, 5.41) is 16.8. The number of hydrogen-bond acceptors (Lipinski definition) is 5. The number of hydrogen-bond donors (Lipinski definition) is 2. The van der Waals surface area contributed by atoms with Gasteiger partial charge in [0.05, 0.1) is 5.56 Å². The lowest BCUT2D eigenvalue weighted by Crippen LogP contribution is -2.38. The van der Waals surface area contributed by atoms with Crippen LogP contribution in [0.25, 0.3) is 10.9 Å². The summed E-state index contributed by atoms with van der Waals surface area (Å²) in [5.41, 5.74) is 1.23. The van der Waals surface area contributed by atoms with Crippen molar-refractivity contribution in [3.8, 4) is 5.75 Å². The van der Waals surface area contributed by atoms with Crippen LogP contribution in [0, 0.1) is 0 Å². The molecule has 0 spiro atoms. The summed E-state index contributed by atoms with van der Waals surface area (Å²) < 4.78 is 39.8. The van der Waals surface area contributed by atoms with Crippen LogP contribution >= 0.6 is 0 Å². The van der Waals surface area contributed by atoms with Crippen molar-refractivity contribution in [2.75, 3.05) is 18.4 Å². The second kappa shape index (κ2) is 9.81. The van der Waals surface area contributed by atoms with Gasteiger partial charge in [-0.05, 0) is 48.6 Å². The summed E-state index contributed by atoms with van der Waals surface area (Å²) >= 11 is 0. The highest BCUT2D eigenvalue weighted by Gasteiger charge is 2.36. The first-order valence-corrected chi connectivity index (χ1v) is 12.0. The van der Waals surface area contributed by atoms with Crippen molar-refractivity contribution in [2.24, 2.45) is 7.05 Å². The number of carbonyl (C=O) groups excluding carboxylic acids is 2. The van der Waals surface area contributed by atoms with Gasteiger partial charge in [0.1, 0.15) is 17.0 Å². The first-order valence-electron chi connectivity index (χ1n) is 12.0. The quantitative estimate of drug-likeness (QED) is 0.394. The Morgan fingerprint density at radius 1 is 1.05 bits per heavy atom. The molecular weight excluding hydrogens is 499 g/mol. The normalized spacial score (nSPS) is 14.6. The van der Waals surface area contributed by atoms with E-state index in [4.69, 9.17) is 0 Å². The molecule has 0 atom stereocenters. The monoisotopic (exact) mass is 523 g/mol. The summed E-state index contributed by atoms with van der Waals surface area (Å²) in [5.74, 6) is -0.621. The average molecular weight is 524 g/mol. The molecular formula is C27H24F3N5O3. The van der Waals surface area contributed by atoms with E-state index in [1.165, 1.54) is 19.3 Å². The smallest absolute Gasteiger partial charge is 0.435 e. The van der Waals surface area contributed by atoms with E-state index in [2.05, 4.69) is 15.4 Å². The zero-order valence-corrected chi connectivity index (χ0v) is 20.4. The maximum Gasteiger partial charge on any atom is 0.435 e. The molecule has 0 unspecified atom stereocenters. The lowest BCUT2D eigenvalue weighted by Gasteiger charge is -2.32. The standard InChI is InChI=1S/C27H24F3N5O3/c1-34-21(15-23(33-34)27(28,29)30)26(38)35-13-10-17(11-14-35)16-5-7-18(8-6-16)32-25(37)20-9-12-31-24-19(20)3-2-4-22(24)36/h2-9,12,15,17,36H,10-11,13-14H2,1H3,(H,32,37). The van der Waals surface area contributed by atoms with E-state index >= 15 is 0 Å². The number of amides is 2. The van der Waals surface area contributed by atoms with Gasteiger partial charge in [-0.2, -0.15) is 18.3 Å². The summed E-state index contributed by atoms with van der Waals surface area (Å²) in [7, 11) is 1.33. The number of phenols is 1. The van der Waals surface area contributed by atoms with Crippen LogP contribution in [0.3, 0.4) is 0 Å². The van der Waals surface area contributed by atoms with Crippen LogP contribution in [-0.4, -0.2) is 49.7 Å². The maximum atomic E-state index is 13.0. The Morgan fingerprint density at radius 2 is 1.76 bits per heavy atom. The number of aromatic hydroxyl groups is 1. The molecule has 2 amide bonds. The molecule has 1 aliphatic heterocycles. The zero-order chi connectivity index (χ0) is 27.0. The number of piperidine rings is 1. The van der Waals surface area contributed by atoms with E-state index in [9.17, 15) is 27.9 Å². The van der Waals surface area contributed by atoms with Gasteiger partial charge < -0.3 is 15.3 Å². The molecule has 0 bridgehead atoms. The molecule has 4 aromatic rings. The molecule has 0 aliphatic carbocycles. The minimum absolute atomic E-state index is 0.000583. The topological polar surface area (TPSA) is 100 Å². The molecule has 11 heteroatoms. The van der Waals surface area contributed by atoms with Gasteiger partial charge in [0.2, 0.25) is 0 Å². The Bertz CT molecular complexity index is 1510. The van der Waals surface area contributed by atoms with Gasteiger partial charge in [0.25, 0.3) is 11.8 Å². The fourth-order valence-electron chi connectivity index (χ4n) is 4.78. The van der Waals surface area contributed by atoms with Gasteiger partial charge in [0.15, 0.2) is 5.69 Å². The van der Waals surface area contributed by atoms with E-state index in [0.29, 0.717) is 48.1 Å². The number of fused-ring (bicyclic) bond motifs is 1. The number of phenolic OH excluding ortho intramolecular Hbond substituents is 1. The number of alkyl halides is 3. The number of anilines is 1. The molecule has 1 saturated heterocycles. The first-order chi connectivity index (χ1) is 18.1. The van der Waals surface area contributed by atoms with Gasteiger partial charge in [-0.15, -0.1) is 0 Å². The predicted octanol–water partition coefficient (Wildman–Crippen LogP) is 4.96. The van der Waals surface area contributed by atoms with Gasteiger partial charge in [-0.3, -0.25) is 19.3 Å². The van der Waals surface area contributed by atoms with E-state index in [1.54, 1.807) is 35.2 Å². The number of likely N-dealkylation sites (tertiary alicyclic amines) is 1. The molecule has 3 heterocycles. The minimum Gasteiger partial charge on any atom is -0.506 e. The third-order valence-electron chi connectivity index (χ3n) is 6.81. The molecule has 196 valence electrons. The second-order valence-electron chi connectivity index (χ2n) is 9.21. The number of halogens is 3. The largest absolute Gasteiger partial charge is 0.506 e. The number of pyridine rings is 1. The van der Waals surface area contributed by atoms with Crippen LogP contribution in [-0.2, 0) is 13.2 Å². The molecule has 1 fully saturated rings. The number of aryl methyl sites for hydroxylation is 1. The maximum absolute atomic E-state index is 13.0. The van der Waals surface area contributed by atoms with Crippen molar-refractivity contribution in [3.05, 3.63) is 83.3 Å². The van der Waals surface area contributed by atoms with Crippen LogP contribution in [0.4, 0.5) is 18.9 Å². The second-order valence-corrected chi connectivity index (χ2v) is 9.21. The van der Waals surface area contributed by atoms with Crippen molar-refractivity contribution in [3.63, 3.8) is 0 Å². The molecule has 8 nitrogen and oxygen atoms in total. The van der Waals surface area contributed by atoms with Gasteiger partial charge in [-0.25, -0.2) is 0 Å². The summed E-state index contributed by atoms with van der Waals surface area (Å²) in [6, 6.07) is 14.7. The molecule has 2 aromatic carbocycles. The predicted molar refractivity (Wildman–Crippen MR) is 134 cm³/mol. The van der Waals surface area contributed by atoms with E-state index < -0.39 is 17.8 Å². The molecule has 38 heavy (non-hydrogen) atoms. The van der Waals surface area contributed by atoms with Crippen molar-refractivity contribution in [2.45, 2.75) is 24.9 Å². The summed E-state index contributed by atoms with van der Waals surface area (Å²) in [6.45, 7) is 0.826. The number of para-hydroxylation sites is 1. The number of aromatic nitrogens is 3. The number of nitrogens with one attached hydrogen (secondary N) is 1. The number of nitrogens with zero attached hydrogens (tertiary/aromatic N) is 4. The average Bonchev–Trinajstić information content (AvgIpc) is 3.31. The van der Waals surface area contributed by atoms with Crippen LogP contribution in [0.5, 0.6) is 5.75 Å². The van der Waals surface area contributed by atoms with Gasteiger partial charge in [-0.1, -0.05) is 24.3 Å². The molecule has 0 radical (unpaired) electrons. The van der Waals surface area contributed by atoms with Crippen LogP contribution in [0.15, 0.2) is 60.8 Å². The highest BCUT2D eigenvalue weighted by Crippen LogP contribution is 2.32. The van der Waals surface area contributed by atoms with Crippen LogP contribution in [0.2, 0.25) is 0 Å². The third-order valence-corrected chi connectivity index (χ3v) is 6.81. The molecule has 5 rings (SSSR count). The van der Waals surface area contributed by atoms with Crippen molar-refractivity contribution in [1.82, 2.24) is 19.7 Å². The van der Waals surface area contributed by atoms with E-state index in [1.807, 2.05) is 12.1 Å². The van der Waals surface area contributed by atoms with E-state index in [-0.39, 0.29) is 23.3 Å². The van der Waals surface area contributed by atoms with Crippen LogP contribution in [0.1, 0.15) is 50.9 Å². The fraction of sp³-hybridized carbons (Fsp3) is 0.259. The van der Waals surface area contributed by atoms with Gasteiger partial charge >= 0.3 is 6.18 Å². The fourth-order valence-corrected chi connectivity index (χ4v) is 4.78. The lowest BCUT2D eigenvalue weighted by molar-refractivity contribution is -0.141. The Balaban J connectivity index is 1.21. The molecule has 2 aromatic heterocycles. The Morgan fingerprint density at radius 3 is 2.42 bits per heavy atom. The summed E-state index contributed by atoms with van der Waals surface area (Å²) in [6.07, 6.45) is -1.81. The number of rotatable bonds is 4. The highest BCUT2D eigenvalue weighted by molar-refractivity contribution is 6.12. The number of benzene rings is 2. The molecule has 1 aliphatic rings. The minimum atomic E-state index is -4.61. The SMILES string of the molecule is Cn1nc(C(F)(F)F)cc1C(=O)N1CCC(c2ccc(NC(=O)c3ccnc4c(O)cccc34)cc2)CC1. The lowest BCUT2D eigenvalue weighted by atomic mass is 9.89. The Hall–Kier alpha value is -4.41. The van der Waals surface area contributed by atoms with E-state index in [0.717, 1.165) is 16.3 Å². The van der Waals surface area contributed by atoms with Gasteiger partial charge in [0, 0.05) is 43.5 Å². The number of carbonyl (C=O) groups is 2.